The van der Waals surface area contributed by atoms with Gasteiger partial charge < -0.3 is 10.1 Å². The molecule has 0 saturated heterocycles. The molecule has 1 aromatic rings. The average Bonchev–Trinajstić information content (AvgIpc) is 2.38. The van der Waals surface area contributed by atoms with Crippen LogP contribution in [0.4, 0.5) is 0 Å². The Balaban J connectivity index is 2.06. The van der Waals surface area contributed by atoms with Crippen LogP contribution < -0.4 is 10.1 Å². The van der Waals surface area contributed by atoms with E-state index in [4.69, 9.17) is 4.74 Å². The molecule has 0 atom stereocenters. The van der Waals surface area contributed by atoms with Crippen molar-refractivity contribution in [2.45, 2.75) is 65.3 Å². The van der Waals surface area contributed by atoms with Gasteiger partial charge in [-0.25, -0.2) is 0 Å². The quantitative estimate of drug-likeness (QED) is 0.667. The van der Waals surface area contributed by atoms with E-state index in [9.17, 15) is 0 Å². The summed E-state index contributed by atoms with van der Waals surface area (Å²) in [6, 6.07) is 8.52. The van der Waals surface area contributed by atoms with Crippen LogP contribution in [0.5, 0.6) is 5.75 Å². The first-order valence-electron chi connectivity index (χ1n) is 7.98. The predicted octanol–water partition coefficient (Wildman–Crippen LogP) is 4.58. The van der Waals surface area contributed by atoms with E-state index in [0.717, 1.165) is 18.9 Å². The summed E-state index contributed by atoms with van der Waals surface area (Å²) in [6.45, 7) is 10.5. The molecule has 0 amide bonds. The van der Waals surface area contributed by atoms with E-state index in [1.165, 1.54) is 37.7 Å². The van der Waals surface area contributed by atoms with Crippen molar-refractivity contribution in [3.63, 3.8) is 0 Å². The van der Waals surface area contributed by atoms with Gasteiger partial charge in [-0.05, 0) is 71.2 Å². The molecule has 0 aromatic heterocycles. The standard InChI is InChI=1S/C18H31NO/c1-5-20-17-13-11-16(12-14-17)10-8-6-7-9-15-19-18(2,3)4/h11-14,19H,5-10,15H2,1-4H3. The van der Waals surface area contributed by atoms with Crippen LogP contribution in [0.2, 0.25) is 0 Å². The fourth-order valence-electron chi connectivity index (χ4n) is 2.19. The first kappa shape index (κ1) is 17.0. The Morgan fingerprint density at radius 2 is 1.60 bits per heavy atom. The van der Waals surface area contributed by atoms with Crippen LogP contribution in [0.25, 0.3) is 0 Å². The van der Waals surface area contributed by atoms with E-state index < -0.39 is 0 Å². The summed E-state index contributed by atoms with van der Waals surface area (Å²) in [7, 11) is 0. The van der Waals surface area contributed by atoms with Gasteiger partial charge in [0.2, 0.25) is 0 Å². The minimum absolute atomic E-state index is 0.252. The number of aryl methyl sites for hydroxylation is 1. The smallest absolute Gasteiger partial charge is 0.119 e. The molecule has 0 aliphatic heterocycles. The highest BCUT2D eigenvalue weighted by molar-refractivity contribution is 5.27. The lowest BCUT2D eigenvalue weighted by Gasteiger charge is -2.20. The monoisotopic (exact) mass is 277 g/mol. The van der Waals surface area contributed by atoms with Crippen molar-refractivity contribution in [1.82, 2.24) is 5.32 Å². The van der Waals surface area contributed by atoms with Crippen molar-refractivity contribution >= 4 is 0 Å². The SMILES string of the molecule is CCOc1ccc(CCCCCCNC(C)(C)C)cc1. The summed E-state index contributed by atoms with van der Waals surface area (Å²) in [4.78, 5) is 0. The molecule has 0 fully saturated rings. The largest absolute Gasteiger partial charge is 0.494 e. The zero-order valence-electron chi connectivity index (χ0n) is 13.7. The second-order valence-corrected chi connectivity index (χ2v) is 6.42. The van der Waals surface area contributed by atoms with Crippen molar-refractivity contribution in [2.75, 3.05) is 13.2 Å². The number of hydrogen-bond donors (Lipinski definition) is 1. The lowest BCUT2D eigenvalue weighted by molar-refractivity contribution is 0.340. The van der Waals surface area contributed by atoms with Crippen LogP contribution in [-0.4, -0.2) is 18.7 Å². The van der Waals surface area contributed by atoms with Gasteiger partial charge in [-0.2, -0.15) is 0 Å². The molecular weight excluding hydrogens is 246 g/mol. The van der Waals surface area contributed by atoms with Gasteiger partial charge in [-0.1, -0.05) is 25.0 Å². The molecule has 2 heteroatoms. The molecule has 0 spiro atoms. The highest BCUT2D eigenvalue weighted by Crippen LogP contribution is 2.14. The molecule has 0 aliphatic carbocycles. The number of benzene rings is 1. The normalized spacial score (nSPS) is 11.6. The van der Waals surface area contributed by atoms with Crippen molar-refractivity contribution in [2.24, 2.45) is 0 Å². The predicted molar refractivity (Wildman–Crippen MR) is 87.5 cm³/mol. The lowest BCUT2D eigenvalue weighted by atomic mass is 10.1. The van der Waals surface area contributed by atoms with Gasteiger partial charge in [0.15, 0.2) is 0 Å². The van der Waals surface area contributed by atoms with Crippen LogP contribution in [0.3, 0.4) is 0 Å². The number of hydrogen-bond acceptors (Lipinski definition) is 2. The number of ether oxygens (including phenoxy) is 1. The van der Waals surface area contributed by atoms with E-state index in [-0.39, 0.29) is 5.54 Å². The summed E-state index contributed by atoms with van der Waals surface area (Å²) in [5, 5.41) is 3.53. The van der Waals surface area contributed by atoms with E-state index in [2.05, 4.69) is 50.4 Å². The molecule has 2 nitrogen and oxygen atoms in total. The van der Waals surface area contributed by atoms with Gasteiger partial charge in [0, 0.05) is 5.54 Å². The summed E-state index contributed by atoms with van der Waals surface area (Å²) in [5.41, 5.74) is 1.67. The third kappa shape index (κ3) is 8.21. The summed E-state index contributed by atoms with van der Waals surface area (Å²) >= 11 is 0. The average molecular weight is 277 g/mol. The summed E-state index contributed by atoms with van der Waals surface area (Å²) in [6.07, 6.45) is 6.38. The Morgan fingerprint density at radius 3 is 2.20 bits per heavy atom. The van der Waals surface area contributed by atoms with Gasteiger partial charge in [0.25, 0.3) is 0 Å². The lowest BCUT2D eigenvalue weighted by Crippen LogP contribution is -2.36. The van der Waals surface area contributed by atoms with Crippen molar-refractivity contribution in [3.05, 3.63) is 29.8 Å². The maximum absolute atomic E-state index is 5.45. The zero-order valence-corrected chi connectivity index (χ0v) is 13.7. The Bertz CT molecular complexity index is 351. The van der Waals surface area contributed by atoms with Crippen LogP contribution in [0.1, 0.15) is 58.9 Å². The third-order valence-corrected chi connectivity index (χ3v) is 3.28. The van der Waals surface area contributed by atoms with Crippen molar-refractivity contribution in [1.29, 1.82) is 0 Å². The van der Waals surface area contributed by atoms with Crippen molar-refractivity contribution < 1.29 is 4.74 Å². The van der Waals surface area contributed by atoms with Gasteiger partial charge in [0.05, 0.1) is 6.61 Å². The third-order valence-electron chi connectivity index (χ3n) is 3.28. The molecule has 1 aromatic carbocycles. The fraction of sp³-hybridized carbons (Fsp3) is 0.667. The zero-order chi connectivity index (χ0) is 14.8. The first-order chi connectivity index (χ1) is 9.51. The Morgan fingerprint density at radius 1 is 0.950 bits per heavy atom. The molecular formula is C18H31NO. The second-order valence-electron chi connectivity index (χ2n) is 6.42. The Labute approximate surface area is 124 Å². The summed E-state index contributed by atoms with van der Waals surface area (Å²) in [5.74, 6) is 0.976. The molecule has 0 aliphatic rings. The highest BCUT2D eigenvalue weighted by Gasteiger charge is 2.06. The van der Waals surface area contributed by atoms with E-state index in [0.29, 0.717) is 0 Å². The van der Waals surface area contributed by atoms with Gasteiger partial charge in [-0.3, -0.25) is 0 Å². The Hall–Kier alpha value is -1.02. The first-order valence-corrected chi connectivity index (χ1v) is 7.98. The van der Waals surface area contributed by atoms with Crippen molar-refractivity contribution in [3.8, 4) is 5.75 Å². The van der Waals surface area contributed by atoms with Crippen LogP contribution in [-0.2, 0) is 6.42 Å². The molecule has 1 N–H and O–H groups in total. The molecule has 0 heterocycles. The van der Waals surface area contributed by atoms with Gasteiger partial charge in [0.1, 0.15) is 5.75 Å². The summed E-state index contributed by atoms with van der Waals surface area (Å²) < 4.78 is 5.45. The van der Waals surface area contributed by atoms with Crippen LogP contribution in [0, 0.1) is 0 Å². The Kier molecular flexibility index (Phi) is 7.68. The minimum Gasteiger partial charge on any atom is -0.494 e. The number of nitrogens with one attached hydrogen (secondary N) is 1. The van der Waals surface area contributed by atoms with E-state index in [1.54, 1.807) is 0 Å². The molecule has 114 valence electrons. The second kappa shape index (κ2) is 9.02. The number of unbranched alkanes of at least 4 members (excludes halogenated alkanes) is 3. The van der Waals surface area contributed by atoms with Gasteiger partial charge in [-0.15, -0.1) is 0 Å². The highest BCUT2D eigenvalue weighted by atomic mass is 16.5. The molecule has 0 unspecified atom stereocenters. The van der Waals surface area contributed by atoms with Gasteiger partial charge >= 0.3 is 0 Å². The molecule has 0 radical (unpaired) electrons. The van der Waals surface area contributed by atoms with E-state index in [1.807, 2.05) is 6.92 Å². The maximum Gasteiger partial charge on any atom is 0.119 e. The topological polar surface area (TPSA) is 21.3 Å². The van der Waals surface area contributed by atoms with Crippen LogP contribution in [0.15, 0.2) is 24.3 Å². The molecule has 0 saturated carbocycles. The maximum atomic E-state index is 5.45. The van der Waals surface area contributed by atoms with E-state index >= 15 is 0 Å². The minimum atomic E-state index is 0.252. The molecule has 20 heavy (non-hydrogen) atoms. The molecule has 0 bridgehead atoms. The van der Waals surface area contributed by atoms with Crippen LogP contribution >= 0.6 is 0 Å². The molecule has 1 rings (SSSR count). The fourth-order valence-corrected chi connectivity index (χ4v) is 2.19. The number of rotatable bonds is 9.